The summed E-state index contributed by atoms with van der Waals surface area (Å²) in [4.78, 5) is 0.682. The van der Waals surface area contributed by atoms with Gasteiger partial charge in [0.1, 0.15) is 4.21 Å². The topological polar surface area (TPSA) is 57.6 Å². The van der Waals surface area contributed by atoms with Crippen LogP contribution in [0, 0.1) is 5.41 Å². The molecule has 1 aliphatic rings. The summed E-state index contributed by atoms with van der Waals surface area (Å²) in [5, 5.41) is 8.97. The summed E-state index contributed by atoms with van der Waals surface area (Å²) >= 11 is 1.15. The van der Waals surface area contributed by atoms with E-state index in [1.165, 1.54) is 0 Å². The van der Waals surface area contributed by atoms with E-state index in [4.69, 9.17) is 5.11 Å². The molecular formula is C11H17NO3S2. The van der Waals surface area contributed by atoms with Crippen LogP contribution in [0.4, 0.5) is 0 Å². The molecule has 17 heavy (non-hydrogen) atoms. The molecule has 1 aliphatic heterocycles. The first-order valence-electron chi connectivity index (χ1n) is 5.55. The second kappa shape index (κ2) is 4.35. The standard InChI is InChI=1S/C11H17NO3S2/c1-11(2)5-6-12(8-11)17(14,15)10-4-3-9(7-13)16-10/h3-4,13H,5-8H2,1-2H3. The first kappa shape index (κ1) is 13.0. The zero-order valence-corrected chi connectivity index (χ0v) is 11.6. The maximum atomic E-state index is 12.3. The van der Waals surface area contributed by atoms with E-state index in [2.05, 4.69) is 13.8 Å². The molecule has 0 radical (unpaired) electrons. The van der Waals surface area contributed by atoms with E-state index in [1.54, 1.807) is 16.4 Å². The Morgan fingerprint density at radius 1 is 1.47 bits per heavy atom. The molecule has 0 bridgehead atoms. The molecule has 1 saturated heterocycles. The van der Waals surface area contributed by atoms with E-state index >= 15 is 0 Å². The summed E-state index contributed by atoms with van der Waals surface area (Å²) in [6.07, 6.45) is 0.893. The molecule has 0 aromatic carbocycles. The van der Waals surface area contributed by atoms with Gasteiger partial charge < -0.3 is 5.11 Å². The Kier molecular flexibility index (Phi) is 3.33. The predicted molar refractivity (Wildman–Crippen MR) is 67.4 cm³/mol. The van der Waals surface area contributed by atoms with Gasteiger partial charge in [0.2, 0.25) is 0 Å². The van der Waals surface area contributed by atoms with Crippen LogP contribution in [-0.2, 0) is 16.6 Å². The summed E-state index contributed by atoms with van der Waals surface area (Å²) in [6.45, 7) is 5.21. The van der Waals surface area contributed by atoms with Crippen molar-refractivity contribution in [1.29, 1.82) is 0 Å². The van der Waals surface area contributed by atoms with Crippen LogP contribution in [-0.4, -0.2) is 30.9 Å². The van der Waals surface area contributed by atoms with Crippen molar-refractivity contribution in [2.45, 2.75) is 31.1 Å². The number of nitrogens with zero attached hydrogens (tertiary/aromatic N) is 1. The predicted octanol–water partition coefficient (Wildman–Crippen LogP) is 1.66. The Balaban J connectivity index is 2.25. The van der Waals surface area contributed by atoms with Crippen molar-refractivity contribution in [2.75, 3.05) is 13.1 Å². The maximum absolute atomic E-state index is 12.3. The van der Waals surface area contributed by atoms with Gasteiger partial charge in [-0.3, -0.25) is 0 Å². The lowest BCUT2D eigenvalue weighted by Gasteiger charge is -2.18. The molecule has 1 fully saturated rings. The van der Waals surface area contributed by atoms with Gasteiger partial charge in [-0.05, 0) is 24.0 Å². The number of thiophene rings is 1. The monoisotopic (exact) mass is 275 g/mol. The molecule has 0 unspecified atom stereocenters. The molecule has 96 valence electrons. The molecule has 1 aromatic rings. The summed E-state index contributed by atoms with van der Waals surface area (Å²) in [6, 6.07) is 3.25. The Bertz CT molecular complexity index is 505. The van der Waals surface area contributed by atoms with E-state index in [9.17, 15) is 8.42 Å². The van der Waals surface area contributed by atoms with Crippen LogP contribution in [0.1, 0.15) is 25.1 Å². The lowest BCUT2D eigenvalue weighted by molar-refractivity contribution is 0.285. The van der Waals surface area contributed by atoms with Gasteiger partial charge in [-0.2, -0.15) is 4.31 Å². The highest BCUT2D eigenvalue weighted by molar-refractivity contribution is 7.91. The molecule has 4 nitrogen and oxygen atoms in total. The first-order chi connectivity index (χ1) is 7.85. The third kappa shape index (κ3) is 2.54. The molecule has 1 N–H and O–H groups in total. The maximum Gasteiger partial charge on any atom is 0.252 e. The SMILES string of the molecule is CC1(C)CCN(S(=O)(=O)c2ccc(CO)s2)C1. The lowest BCUT2D eigenvalue weighted by Crippen LogP contribution is -2.29. The molecular weight excluding hydrogens is 258 g/mol. The smallest absolute Gasteiger partial charge is 0.252 e. The minimum atomic E-state index is -3.36. The zero-order chi connectivity index (χ0) is 12.7. The first-order valence-corrected chi connectivity index (χ1v) is 7.80. The summed E-state index contributed by atoms with van der Waals surface area (Å²) in [7, 11) is -3.36. The summed E-state index contributed by atoms with van der Waals surface area (Å²) in [5.74, 6) is 0. The Hall–Kier alpha value is -0.430. The minimum absolute atomic E-state index is 0.0597. The number of sulfonamides is 1. The third-order valence-electron chi connectivity index (χ3n) is 3.03. The fourth-order valence-corrected chi connectivity index (χ4v) is 4.98. The van der Waals surface area contributed by atoms with Crippen LogP contribution < -0.4 is 0 Å². The molecule has 1 aromatic heterocycles. The van der Waals surface area contributed by atoms with Gasteiger partial charge in [0.05, 0.1) is 6.61 Å². The second-order valence-corrected chi connectivity index (χ2v) is 8.46. The Morgan fingerprint density at radius 3 is 2.65 bits per heavy atom. The molecule has 0 spiro atoms. The van der Waals surface area contributed by atoms with E-state index in [0.717, 1.165) is 17.8 Å². The van der Waals surface area contributed by atoms with Gasteiger partial charge in [0.15, 0.2) is 0 Å². The third-order valence-corrected chi connectivity index (χ3v) is 6.41. The molecule has 6 heteroatoms. The van der Waals surface area contributed by atoms with E-state index in [1.807, 2.05) is 0 Å². The van der Waals surface area contributed by atoms with Gasteiger partial charge >= 0.3 is 0 Å². The largest absolute Gasteiger partial charge is 0.391 e. The van der Waals surface area contributed by atoms with E-state index < -0.39 is 10.0 Å². The number of rotatable bonds is 3. The van der Waals surface area contributed by atoms with Crippen molar-refractivity contribution < 1.29 is 13.5 Å². The van der Waals surface area contributed by atoms with Gasteiger partial charge in [-0.1, -0.05) is 13.8 Å². The fraction of sp³-hybridized carbons (Fsp3) is 0.636. The van der Waals surface area contributed by atoms with Crippen LogP contribution in [0.2, 0.25) is 0 Å². The Labute approximate surface area is 106 Å². The van der Waals surface area contributed by atoms with Crippen molar-refractivity contribution in [3.8, 4) is 0 Å². The second-order valence-electron chi connectivity index (χ2n) is 5.13. The number of aliphatic hydroxyl groups is 1. The molecule has 0 saturated carbocycles. The normalized spacial score (nSPS) is 20.9. The molecule has 0 amide bonds. The molecule has 0 aliphatic carbocycles. The van der Waals surface area contributed by atoms with Gasteiger partial charge in [0.25, 0.3) is 10.0 Å². The summed E-state index contributed by atoms with van der Waals surface area (Å²) in [5.41, 5.74) is 0.0597. The number of hydrogen-bond donors (Lipinski definition) is 1. The van der Waals surface area contributed by atoms with Crippen LogP contribution in [0.5, 0.6) is 0 Å². The average Bonchev–Trinajstić information content (AvgIpc) is 2.84. The van der Waals surface area contributed by atoms with Crippen LogP contribution in [0.25, 0.3) is 0 Å². The highest BCUT2D eigenvalue weighted by atomic mass is 32.2. The van der Waals surface area contributed by atoms with Crippen molar-refractivity contribution in [3.63, 3.8) is 0 Å². The minimum Gasteiger partial charge on any atom is -0.391 e. The average molecular weight is 275 g/mol. The van der Waals surface area contributed by atoms with Crippen molar-refractivity contribution in [2.24, 2.45) is 5.41 Å². The van der Waals surface area contributed by atoms with Crippen LogP contribution in [0.15, 0.2) is 16.3 Å². The van der Waals surface area contributed by atoms with E-state index in [0.29, 0.717) is 22.2 Å². The number of aliphatic hydroxyl groups excluding tert-OH is 1. The van der Waals surface area contributed by atoms with E-state index in [-0.39, 0.29) is 12.0 Å². The van der Waals surface area contributed by atoms with Gasteiger partial charge in [-0.15, -0.1) is 11.3 Å². The highest BCUT2D eigenvalue weighted by Gasteiger charge is 2.37. The highest BCUT2D eigenvalue weighted by Crippen LogP contribution is 2.34. The summed E-state index contributed by atoms with van der Waals surface area (Å²) < 4.78 is 26.5. The van der Waals surface area contributed by atoms with Crippen LogP contribution >= 0.6 is 11.3 Å². The lowest BCUT2D eigenvalue weighted by atomic mass is 9.93. The van der Waals surface area contributed by atoms with Crippen LogP contribution in [0.3, 0.4) is 0 Å². The molecule has 0 atom stereocenters. The van der Waals surface area contributed by atoms with Crippen molar-refractivity contribution >= 4 is 21.4 Å². The molecule has 2 heterocycles. The van der Waals surface area contributed by atoms with Crippen molar-refractivity contribution in [1.82, 2.24) is 4.31 Å². The fourth-order valence-electron chi connectivity index (χ4n) is 1.98. The van der Waals surface area contributed by atoms with Gasteiger partial charge in [-0.25, -0.2) is 8.42 Å². The quantitative estimate of drug-likeness (QED) is 0.912. The van der Waals surface area contributed by atoms with Gasteiger partial charge in [0, 0.05) is 18.0 Å². The zero-order valence-electron chi connectivity index (χ0n) is 10.0. The van der Waals surface area contributed by atoms with Crippen molar-refractivity contribution in [3.05, 3.63) is 17.0 Å². The Morgan fingerprint density at radius 2 is 2.18 bits per heavy atom. The molecule has 2 rings (SSSR count). The number of hydrogen-bond acceptors (Lipinski definition) is 4.